The molecule has 0 fully saturated rings. The standard InChI is InChI=1S/C14H8N2O10/c17-13(23-15(19)20)9-5-1-3-7-11(9)25-26-12-8-4-2-6-10(12)14(18)24-16(21)22/h1-8H. The van der Waals surface area contributed by atoms with Gasteiger partial charge in [-0.05, 0) is 24.3 Å². The van der Waals surface area contributed by atoms with E-state index in [9.17, 15) is 29.8 Å². The maximum Gasteiger partial charge on any atom is 0.338 e. The number of carbonyl (C=O) groups is 2. The van der Waals surface area contributed by atoms with E-state index in [4.69, 9.17) is 9.78 Å². The summed E-state index contributed by atoms with van der Waals surface area (Å²) in [6, 6.07) is 10.5. The van der Waals surface area contributed by atoms with Crippen LogP contribution in [0.1, 0.15) is 20.7 Å². The molecule has 12 heteroatoms. The van der Waals surface area contributed by atoms with E-state index >= 15 is 0 Å². The minimum atomic E-state index is -1.31. The van der Waals surface area contributed by atoms with Crippen molar-refractivity contribution in [2.24, 2.45) is 0 Å². The third-order valence-corrected chi connectivity index (χ3v) is 2.75. The highest BCUT2D eigenvalue weighted by Crippen LogP contribution is 2.23. The summed E-state index contributed by atoms with van der Waals surface area (Å²) in [5.41, 5.74) is -0.649. The van der Waals surface area contributed by atoms with Gasteiger partial charge in [-0.25, -0.2) is 9.68 Å². The highest BCUT2D eigenvalue weighted by molar-refractivity contribution is 5.92. The second-order valence-electron chi connectivity index (χ2n) is 4.36. The van der Waals surface area contributed by atoms with Crippen LogP contribution in [-0.2, 0) is 9.68 Å². The van der Waals surface area contributed by atoms with Crippen LogP contribution in [0.3, 0.4) is 0 Å². The fourth-order valence-corrected chi connectivity index (χ4v) is 1.74. The molecule has 0 aliphatic rings. The van der Waals surface area contributed by atoms with Crippen LogP contribution in [-0.4, -0.2) is 22.1 Å². The largest absolute Gasteiger partial charge is 0.338 e. The summed E-state index contributed by atoms with van der Waals surface area (Å²) < 4.78 is 0. The van der Waals surface area contributed by atoms with E-state index in [2.05, 4.69) is 9.68 Å². The fourth-order valence-electron chi connectivity index (χ4n) is 1.74. The van der Waals surface area contributed by atoms with Gasteiger partial charge in [-0.1, -0.05) is 24.3 Å². The van der Waals surface area contributed by atoms with E-state index in [-0.39, 0.29) is 22.6 Å². The Bertz CT molecular complexity index is 795. The SMILES string of the molecule is O=C(O[N+](=O)[O-])c1ccccc1OOc1ccccc1C(=O)O[N+](=O)[O-]. The number of carbonyl (C=O) groups excluding carboxylic acids is 2. The van der Waals surface area contributed by atoms with Gasteiger partial charge < -0.3 is 0 Å². The van der Waals surface area contributed by atoms with Crippen molar-refractivity contribution in [3.63, 3.8) is 0 Å². The Morgan fingerprint density at radius 2 is 1.04 bits per heavy atom. The van der Waals surface area contributed by atoms with E-state index in [0.29, 0.717) is 0 Å². The number of hydrogen-bond donors (Lipinski definition) is 0. The molecule has 26 heavy (non-hydrogen) atoms. The second-order valence-corrected chi connectivity index (χ2v) is 4.36. The zero-order valence-corrected chi connectivity index (χ0v) is 12.6. The summed E-state index contributed by atoms with van der Waals surface area (Å²) in [6.45, 7) is 0. The average Bonchev–Trinajstić information content (AvgIpc) is 2.59. The van der Waals surface area contributed by atoms with Crippen molar-refractivity contribution in [2.45, 2.75) is 0 Å². The van der Waals surface area contributed by atoms with Gasteiger partial charge in [0.05, 0.1) is 11.1 Å². The van der Waals surface area contributed by atoms with Gasteiger partial charge in [-0.2, -0.15) is 0 Å². The van der Waals surface area contributed by atoms with Gasteiger partial charge in [0.15, 0.2) is 11.5 Å². The first-order valence-corrected chi connectivity index (χ1v) is 6.64. The van der Waals surface area contributed by atoms with Gasteiger partial charge in [-0.3, -0.25) is 19.4 Å². The predicted molar refractivity (Wildman–Crippen MR) is 79.0 cm³/mol. The molecule has 0 bridgehead atoms. The smallest absolute Gasteiger partial charge is 0.289 e. The highest BCUT2D eigenvalue weighted by Gasteiger charge is 2.20. The number of hydrogen-bond acceptors (Lipinski definition) is 10. The molecule has 0 heterocycles. The maximum absolute atomic E-state index is 11.6. The predicted octanol–water partition coefficient (Wildman–Crippen LogP) is 1.76. The monoisotopic (exact) mass is 364 g/mol. The molecule has 134 valence electrons. The Morgan fingerprint density at radius 3 is 1.38 bits per heavy atom. The maximum atomic E-state index is 11.6. The minimum absolute atomic E-state index is 0.253. The van der Waals surface area contributed by atoms with E-state index in [1.807, 2.05) is 0 Å². The first kappa shape index (κ1) is 18.1. The van der Waals surface area contributed by atoms with Gasteiger partial charge in [0.25, 0.3) is 0 Å². The molecule has 0 N–H and O–H groups in total. The molecular formula is C14H8N2O10. The quantitative estimate of drug-likeness (QED) is 0.402. The summed E-state index contributed by atoms with van der Waals surface area (Å²) in [6.07, 6.45) is 0. The summed E-state index contributed by atoms with van der Waals surface area (Å²) in [4.78, 5) is 61.3. The van der Waals surface area contributed by atoms with Crippen molar-refractivity contribution in [1.29, 1.82) is 0 Å². The third kappa shape index (κ3) is 4.64. The van der Waals surface area contributed by atoms with Gasteiger partial charge in [0.2, 0.25) is 0 Å². The molecule has 2 aromatic rings. The summed E-state index contributed by atoms with van der Waals surface area (Å²) in [7, 11) is 0. The Morgan fingerprint density at radius 1 is 0.692 bits per heavy atom. The van der Waals surface area contributed by atoms with E-state index in [1.165, 1.54) is 48.5 Å². The van der Waals surface area contributed by atoms with Gasteiger partial charge in [0.1, 0.15) is 0 Å². The zero-order chi connectivity index (χ0) is 19.1. The van der Waals surface area contributed by atoms with Gasteiger partial charge >= 0.3 is 22.1 Å². The van der Waals surface area contributed by atoms with Gasteiger partial charge in [0, 0.05) is 0 Å². The van der Waals surface area contributed by atoms with E-state index < -0.39 is 22.1 Å². The lowest BCUT2D eigenvalue weighted by Crippen LogP contribution is -2.15. The van der Waals surface area contributed by atoms with Crippen LogP contribution >= 0.6 is 0 Å². The topological polar surface area (TPSA) is 157 Å². The molecule has 0 atom stereocenters. The second kappa shape index (κ2) is 8.05. The molecule has 0 radical (unpaired) electrons. The van der Waals surface area contributed by atoms with Crippen molar-refractivity contribution in [1.82, 2.24) is 0 Å². The lowest BCUT2D eigenvalue weighted by molar-refractivity contribution is -0.727. The van der Waals surface area contributed by atoms with Crippen LogP contribution in [0.15, 0.2) is 48.5 Å². The van der Waals surface area contributed by atoms with Crippen LogP contribution in [0.25, 0.3) is 0 Å². The van der Waals surface area contributed by atoms with Crippen molar-refractivity contribution in [3.05, 3.63) is 79.9 Å². The Kier molecular flexibility index (Phi) is 5.61. The first-order chi connectivity index (χ1) is 12.4. The normalized spacial score (nSPS) is 9.69. The summed E-state index contributed by atoms with van der Waals surface area (Å²) in [5, 5.41) is 18.0. The Balaban J connectivity index is 2.20. The molecule has 0 amide bonds. The zero-order valence-electron chi connectivity index (χ0n) is 12.6. The Hall–Kier alpha value is -4.22. The van der Waals surface area contributed by atoms with Crippen molar-refractivity contribution < 1.29 is 39.2 Å². The third-order valence-electron chi connectivity index (χ3n) is 2.75. The summed E-state index contributed by atoms with van der Waals surface area (Å²) in [5.74, 6) is -3.13. The first-order valence-electron chi connectivity index (χ1n) is 6.64. The van der Waals surface area contributed by atoms with E-state index in [0.717, 1.165) is 0 Å². The van der Waals surface area contributed by atoms with Gasteiger partial charge in [-0.15, -0.1) is 20.2 Å². The molecule has 12 nitrogen and oxygen atoms in total. The lowest BCUT2D eigenvalue weighted by atomic mass is 10.2. The number of para-hydroxylation sites is 2. The Labute approximate surface area is 143 Å². The molecule has 0 aromatic heterocycles. The van der Waals surface area contributed by atoms with Crippen molar-refractivity contribution in [3.8, 4) is 11.5 Å². The molecule has 0 saturated heterocycles. The highest BCUT2D eigenvalue weighted by atomic mass is 17.2. The van der Waals surface area contributed by atoms with Crippen molar-refractivity contribution in [2.75, 3.05) is 0 Å². The number of rotatable bonds is 7. The number of benzene rings is 2. The molecule has 2 rings (SSSR count). The molecule has 0 aliphatic heterocycles. The molecule has 0 aliphatic carbocycles. The molecular weight excluding hydrogens is 356 g/mol. The molecule has 0 saturated carbocycles. The van der Waals surface area contributed by atoms with Crippen LogP contribution in [0.4, 0.5) is 0 Å². The fraction of sp³-hybridized carbons (Fsp3) is 0. The minimum Gasteiger partial charge on any atom is -0.289 e. The lowest BCUT2D eigenvalue weighted by Gasteiger charge is -2.10. The number of nitrogens with zero attached hydrogens (tertiary/aromatic N) is 2. The summed E-state index contributed by atoms with van der Waals surface area (Å²) >= 11 is 0. The molecule has 2 aromatic carbocycles. The van der Waals surface area contributed by atoms with Crippen LogP contribution in [0, 0.1) is 20.2 Å². The van der Waals surface area contributed by atoms with Crippen LogP contribution < -0.4 is 9.78 Å². The molecule has 0 unspecified atom stereocenters. The molecule has 0 spiro atoms. The van der Waals surface area contributed by atoms with Crippen LogP contribution in [0.5, 0.6) is 11.5 Å². The van der Waals surface area contributed by atoms with Crippen LogP contribution in [0.2, 0.25) is 0 Å². The average molecular weight is 364 g/mol. The van der Waals surface area contributed by atoms with Crippen molar-refractivity contribution >= 4 is 11.9 Å². The van der Waals surface area contributed by atoms with E-state index in [1.54, 1.807) is 0 Å².